The van der Waals surface area contributed by atoms with Crippen molar-refractivity contribution in [3.8, 4) is 50.3 Å². The first-order chi connectivity index (χ1) is 66.1. The van der Waals surface area contributed by atoms with Crippen LogP contribution in [0, 0.1) is 90.0 Å². The number of benzene rings is 18. The second-order valence-corrected chi connectivity index (χ2v) is 36.1. The molecule has 0 N–H and O–H groups in total. The Morgan fingerprint density at radius 3 is 0.603 bits per heavy atom. The molecular weight excluding hydrogens is 1650 g/mol. The van der Waals surface area contributed by atoms with E-state index in [1.807, 2.05) is 25.1 Å². The van der Waals surface area contributed by atoms with E-state index < -0.39 is 0 Å². The van der Waals surface area contributed by atoms with E-state index in [4.69, 9.17) is 4.74 Å². The molecule has 0 saturated heterocycles. The highest BCUT2D eigenvalue weighted by atomic mass is 16.5. The predicted molar refractivity (Wildman–Crippen MR) is 588 cm³/mol. The molecule has 18 aromatic carbocycles. The van der Waals surface area contributed by atoms with Crippen molar-refractivity contribution in [1.82, 2.24) is 0 Å². The second-order valence-electron chi connectivity index (χ2n) is 36.1. The van der Waals surface area contributed by atoms with Gasteiger partial charge in [0.2, 0.25) is 0 Å². The molecule has 0 unspecified atom stereocenters. The second kappa shape index (κ2) is 42.2. The van der Waals surface area contributed by atoms with Crippen LogP contribution in [0.2, 0.25) is 0 Å². The highest BCUT2D eigenvalue weighted by Gasteiger charge is 2.22. The molecule has 0 aliphatic carbocycles. The number of hydrogen-bond donors (Lipinski definition) is 0. The Morgan fingerprint density at radius 2 is 0.368 bits per heavy atom. The van der Waals surface area contributed by atoms with Crippen molar-refractivity contribution in [3.05, 3.63) is 517 Å². The highest BCUT2D eigenvalue weighted by molar-refractivity contribution is 5.88. The zero-order chi connectivity index (χ0) is 94.3. The Morgan fingerprint density at radius 1 is 0.176 bits per heavy atom. The van der Waals surface area contributed by atoms with Crippen LogP contribution in [-0.2, 0) is 0 Å². The molecule has 0 radical (unpaired) electrons. The Labute approximate surface area is 806 Å². The first-order valence-electron chi connectivity index (χ1n) is 47.3. The summed E-state index contributed by atoms with van der Waals surface area (Å²) in [5.74, 6) is 0.895. The van der Waals surface area contributed by atoms with E-state index >= 15 is 0 Å². The molecule has 0 atom stereocenters. The van der Waals surface area contributed by atoms with Crippen LogP contribution in [0.3, 0.4) is 0 Å². The van der Waals surface area contributed by atoms with Crippen LogP contribution in [-0.4, -0.2) is 6.61 Å². The van der Waals surface area contributed by atoms with Crippen molar-refractivity contribution in [1.29, 1.82) is 0 Å². The fourth-order valence-corrected chi connectivity index (χ4v) is 18.2. The summed E-state index contributed by atoms with van der Waals surface area (Å²) < 4.78 is 5.85. The first kappa shape index (κ1) is 91.8. The lowest BCUT2D eigenvalue weighted by atomic mass is 9.99. The van der Waals surface area contributed by atoms with Gasteiger partial charge in [-0.3, -0.25) is 0 Å². The van der Waals surface area contributed by atoms with E-state index in [1.54, 1.807) is 0 Å². The van der Waals surface area contributed by atoms with Crippen LogP contribution < -0.4 is 24.3 Å². The van der Waals surface area contributed by atoms with Gasteiger partial charge >= 0.3 is 0 Å². The zero-order valence-electron chi connectivity index (χ0n) is 80.6. The summed E-state index contributed by atoms with van der Waals surface area (Å²) >= 11 is 0. The van der Waals surface area contributed by atoms with Crippen molar-refractivity contribution in [2.24, 2.45) is 0 Å². The number of aryl methyl sites for hydroxylation is 13. The van der Waals surface area contributed by atoms with E-state index in [1.165, 1.54) is 162 Å². The normalized spacial score (nSPS) is 11.4. The van der Waals surface area contributed by atoms with E-state index in [2.05, 4.69) is 540 Å². The van der Waals surface area contributed by atoms with Gasteiger partial charge in [-0.05, 0) is 341 Å². The summed E-state index contributed by atoms with van der Waals surface area (Å²) in [6, 6.07) is 146. The van der Waals surface area contributed by atoms with Gasteiger partial charge in [0.15, 0.2) is 0 Å². The molecule has 5 nitrogen and oxygen atoms in total. The van der Waals surface area contributed by atoms with Gasteiger partial charge < -0.3 is 24.3 Å². The first-order valence-corrected chi connectivity index (χ1v) is 47.3. The SMILES string of the molecule is CCOc1ccccc1/C=C/c1ccc(N(c2ccc(-c3ccc(-c4ccc(N(c5ccc(/C=C/c6ccc(C)cc6)cc5)c5ccc(C)cc5C)cc4)cc3)cc2)c2ccc(C)cc2C)cc1.Cc1ccc(/C=C/c2ccc(N(c3ccc(-c4ccc(-c5ccc(N(c6ccc(/C=C/c7ccc(C)cc7C)cc6)c6ccc(C)cc6C)cc5)cc4)cc3)c3ccc(C)cc3C)cc2)c(C)c1. The maximum Gasteiger partial charge on any atom is 0.126 e. The molecular formula is C131H118N4O. The van der Waals surface area contributed by atoms with Crippen LogP contribution in [0.5, 0.6) is 5.75 Å². The number of para-hydroxylation sites is 1. The zero-order valence-corrected chi connectivity index (χ0v) is 80.6. The molecule has 136 heavy (non-hydrogen) atoms. The van der Waals surface area contributed by atoms with Crippen LogP contribution in [0.4, 0.5) is 68.2 Å². The third-order valence-electron chi connectivity index (χ3n) is 25.6. The summed E-state index contributed by atoms with van der Waals surface area (Å²) in [7, 11) is 0. The Hall–Kier alpha value is -16.1. The van der Waals surface area contributed by atoms with Crippen molar-refractivity contribution < 1.29 is 4.74 Å². The maximum atomic E-state index is 5.85. The Balaban J connectivity index is 0.000000189. The van der Waals surface area contributed by atoms with E-state index in [9.17, 15) is 0 Å². The Bertz CT molecular complexity index is 7100. The average Bonchev–Trinajstić information content (AvgIpc) is 0.803. The molecule has 0 aliphatic heterocycles. The summed E-state index contributed by atoms with van der Waals surface area (Å²) in [6.45, 7) is 30.8. The third kappa shape index (κ3) is 22.1. The molecule has 18 aromatic rings. The fourth-order valence-electron chi connectivity index (χ4n) is 18.2. The topological polar surface area (TPSA) is 22.2 Å². The van der Waals surface area contributed by atoms with E-state index in [0.717, 1.165) is 73.6 Å². The van der Waals surface area contributed by atoms with Crippen molar-refractivity contribution in [3.63, 3.8) is 0 Å². The van der Waals surface area contributed by atoms with Gasteiger partial charge in [-0.2, -0.15) is 0 Å². The molecule has 0 fully saturated rings. The van der Waals surface area contributed by atoms with Gasteiger partial charge in [0.25, 0.3) is 0 Å². The fraction of sp³-hybridized carbons (Fsp3) is 0.115. The molecule has 668 valence electrons. The number of ether oxygens (including phenoxy) is 1. The number of hydrogen-bond acceptors (Lipinski definition) is 5. The van der Waals surface area contributed by atoms with Gasteiger partial charge in [0.1, 0.15) is 5.75 Å². The monoisotopic (exact) mass is 1760 g/mol. The maximum absolute atomic E-state index is 5.85. The number of anilines is 12. The van der Waals surface area contributed by atoms with Gasteiger partial charge in [0.05, 0.1) is 6.61 Å². The lowest BCUT2D eigenvalue weighted by Crippen LogP contribution is -2.11. The third-order valence-corrected chi connectivity index (χ3v) is 25.6. The summed E-state index contributed by atoms with van der Waals surface area (Å²) in [5, 5.41) is 0. The molecule has 0 aromatic heterocycles. The predicted octanol–water partition coefficient (Wildman–Crippen LogP) is 37.0. The standard InChI is InChI=1S/C66H60N2.C65H58N2O/c1-45-9-19-55(49(5)41-45)21-13-53-15-31-61(32-16-53)67(65-39-11-47(3)43-51(65)7)63-35-27-59(28-36-63)57-23-25-58(26-24-57)60-29-37-64(38-30-60)68(66-40-12-48(4)44-52(66)8)62-33-17-54(18-34-62)14-22-56-20-10-46(2)42-50(56)6;1-7-68-65-11-9-8-10-58(65)25-20-53-23-36-60(37-24-53)67(64-43-15-48(4)45-50(64)6)62-40-32-57(33-41-62)55-28-26-54(27-29-55)56-30-38-61(39-31-56)66(63-42-14-47(3)44-49(63)5)59-34-21-52(22-35-59)19-18-51-16-12-46(2)13-17-51/h9-44H,1-8H3;8-45H,7H2,1-6H3/b21-13+,22-14+;19-18+,25-20+. The van der Waals surface area contributed by atoms with Gasteiger partial charge in [-0.15, -0.1) is 0 Å². The minimum atomic E-state index is 0.637. The highest BCUT2D eigenvalue weighted by Crippen LogP contribution is 2.45. The molecule has 0 saturated carbocycles. The summed E-state index contributed by atoms with van der Waals surface area (Å²) in [5.41, 5.74) is 48.7. The molecule has 0 amide bonds. The molecule has 0 heterocycles. The summed E-state index contributed by atoms with van der Waals surface area (Å²) in [6.07, 6.45) is 17.4. The van der Waals surface area contributed by atoms with Gasteiger partial charge in [0, 0.05) is 73.8 Å². The number of nitrogens with zero attached hydrogens (tertiary/aromatic N) is 4. The molecule has 18 rings (SSSR count). The Kier molecular flexibility index (Phi) is 28.5. The van der Waals surface area contributed by atoms with Crippen molar-refractivity contribution in [2.75, 3.05) is 26.2 Å². The largest absolute Gasteiger partial charge is 0.493 e. The van der Waals surface area contributed by atoms with E-state index in [0.29, 0.717) is 6.61 Å². The van der Waals surface area contributed by atoms with Crippen LogP contribution >= 0.6 is 0 Å². The number of rotatable bonds is 26. The van der Waals surface area contributed by atoms with Gasteiger partial charge in [-0.1, -0.05) is 361 Å². The molecule has 0 bridgehead atoms. The quantitative estimate of drug-likeness (QED) is 0.0503. The van der Waals surface area contributed by atoms with E-state index in [-0.39, 0.29) is 0 Å². The van der Waals surface area contributed by atoms with Crippen LogP contribution in [0.1, 0.15) is 124 Å². The molecule has 0 spiro atoms. The smallest absolute Gasteiger partial charge is 0.126 e. The minimum absolute atomic E-state index is 0.637. The summed E-state index contributed by atoms with van der Waals surface area (Å²) in [4.78, 5) is 9.44. The minimum Gasteiger partial charge on any atom is -0.493 e. The lowest BCUT2D eigenvalue weighted by molar-refractivity contribution is 0.339. The van der Waals surface area contributed by atoms with Crippen LogP contribution in [0.15, 0.2) is 400 Å². The van der Waals surface area contributed by atoms with Gasteiger partial charge in [-0.25, -0.2) is 0 Å². The van der Waals surface area contributed by atoms with Crippen molar-refractivity contribution >= 4 is 117 Å². The van der Waals surface area contributed by atoms with Crippen molar-refractivity contribution in [2.45, 2.75) is 96.9 Å². The van der Waals surface area contributed by atoms with Crippen LogP contribution in [0.25, 0.3) is 93.1 Å². The molecule has 5 heteroatoms. The average molecular weight is 1760 g/mol. The molecule has 0 aliphatic rings. The lowest BCUT2D eigenvalue weighted by Gasteiger charge is -2.27.